The fourth-order valence-corrected chi connectivity index (χ4v) is 5.11. The van der Waals surface area contributed by atoms with Gasteiger partial charge in [-0.15, -0.1) is 0 Å². The number of hydrogen-bond donors (Lipinski definition) is 1. The molecule has 0 unspecified atom stereocenters. The topological polar surface area (TPSA) is 84.3 Å². The molecule has 3 aliphatic rings. The van der Waals surface area contributed by atoms with Crippen molar-refractivity contribution in [3.63, 3.8) is 0 Å². The van der Waals surface area contributed by atoms with Crippen molar-refractivity contribution < 1.29 is 17.9 Å². The Morgan fingerprint density at radius 3 is 2.94 bits per heavy atom. The first kappa shape index (κ1) is 19.9. The van der Waals surface area contributed by atoms with Gasteiger partial charge in [0.25, 0.3) is 12.4 Å². The van der Waals surface area contributed by atoms with Crippen molar-refractivity contribution in [1.82, 2.24) is 4.98 Å². The van der Waals surface area contributed by atoms with E-state index in [4.69, 9.17) is 15.7 Å². The van der Waals surface area contributed by atoms with Crippen molar-refractivity contribution in [2.75, 3.05) is 0 Å². The maximum Gasteiger partial charge on any atom is 0.283 e. The van der Waals surface area contributed by atoms with Crippen LogP contribution in [0.1, 0.15) is 53.1 Å². The number of nitrogens with two attached hydrogens (primary N) is 1. The Bertz CT molecular complexity index is 1110. The number of hydrogen-bond acceptors (Lipinski definition) is 5. The number of rotatable bonds is 4. The molecule has 5 nitrogen and oxygen atoms in total. The Morgan fingerprint density at radius 1 is 1.32 bits per heavy atom. The van der Waals surface area contributed by atoms with Gasteiger partial charge in [-0.1, -0.05) is 12.1 Å². The average Bonchev–Trinajstić information content (AvgIpc) is 3.53. The summed E-state index contributed by atoms with van der Waals surface area (Å²) >= 11 is 0. The van der Waals surface area contributed by atoms with E-state index in [1.807, 2.05) is 6.07 Å². The number of amidine groups is 1. The summed E-state index contributed by atoms with van der Waals surface area (Å²) in [4.78, 5) is 8.45. The zero-order chi connectivity index (χ0) is 21.8. The van der Waals surface area contributed by atoms with Crippen molar-refractivity contribution in [1.29, 1.82) is 5.26 Å². The molecule has 4 atom stereocenters. The number of halogens is 3. The smallest absolute Gasteiger partial charge is 0.283 e. The van der Waals surface area contributed by atoms with Gasteiger partial charge in [0.2, 0.25) is 0 Å². The van der Waals surface area contributed by atoms with Gasteiger partial charge in [0.05, 0.1) is 5.56 Å². The van der Waals surface area contributed by atoms with Crippen LogP contribution in [0.3, 0.4) is 0 Å². The quantitative estimate of drug-likeness (QED) is 0.802. The Morgan fingerprint density at radius 2 is 2.16 bits per heavy atom. The number of benzene rings is 1. The second kappa shape index (κ2) is 7.26. The first-order chi connectivity index (χ1) is 14.9. The molecule has 0 radical (unpaired) electrons. The minimum atomic E-state index is -2.91. The molecule has 8 heteroatoms. The van der Waals surface area contributed by atoms with Crippen LogP contribution in [0.2, 0.25) is 0 Å². The molecule has 2 N–H and O–H groups in total. The summed E-state index contributed by atoms with van der Waals surface area (Å²) in [6, 6.07) is 8.04. The van der Waals surface area contributed by atoms with Gasteiger partial charge >= 0.3 is 0 Å². The van der Waals surface area contributed by atoms with Gasteiger partial charge in [-0.05, 0) is 55.4 Å². The maximum absolute atomic E-state index is 14.9. The minimum absolute atomic E-state index is 0.0780. The molecule has 0 saturated heterocycles. The molecule has 2 heterocycles. The molecule has 0 bridgehead atoms. The fourth-order valence-electron chi connectivity index (χ4n) is 5.11. The Labute approximate surface area is 177 Å². The number of aromatic nitrogens is 1. The van der Waals surface area contributed by atoms with Crippen molar-refractivity contribution in [3.8, 4) is 6.07 Å². The standard InChI is InChI=1S/C23H21F3N4O/c24-18-5-4-12(6-14-2-1-3-15-7-13(10-27)11-29-20(14)15)8-16(18)23(21(25)26)17-9-19(17)31-22(28)30-23/h4-5,7-8,11,14,17,19,21H,1-3,6,9H2,(H2,28,30)/t14-,17+,19-,23-/m1/s1. The SMILES string of the molecule is N#Cc1cnc2c(c1)CCC[C@@H]2Cc1ccc(F)c([C@@]2(C(F)F)N=C(N)O[C@@H]3C[C@@H]32)c1. The zero-order valence-corrected chi connectivity index (χ0v) is 16.7. The summed E-state index contributed by atoms with van der Waals surface area (Å²) in [5.74, 6) is -1.23. The number of aryl methyl sites for hydroxylation is 1. The van der Waals surface area contributed by atoms with Crippen molar-refractivity contribution in [3.05, 3.63) is 64.2 Å². The minimum Gasteiger partial charge on any atom is -0.462 e. The van der Waals surface area contributed by atoms with Crippen LogP contribution in [-0.2, 0) is 23.1 Å². The molecule has 1 aromatic carbocycles. The second-order valence-electron chi connectivity index (χ2n) is 8.56. The largest absolute Gasteiger partial charge is 0.462 e. The number of aliphatic imine (C=N–C) groups is 1. The van der Waals surface area contributed by atoms with Crippen LogP contribution < -0.4 is 5.73 Å². The van der Waals surface area contributed by atoms with Crippen LogP contribution in [0.5, 0.6) is 0 Å². The third kappa shape index (κ3) is 3.23. The van der Waals surface area contributed by atoms with Gasteiger partial charge in [0.15, 0.2) is 5.54 Å². The maximum atomic E-state index is 14.9. The molecule has 0 spiro atoms. The van der Waals surface area contributed by atoms with Crippen molar-refractivity contribution >= 4 is 6.02 Å². The van der Waals surface area contributed by atoms with E-state index < -0.39 is 29.8 Å². The highest BCUT2D eigenvalue weighted by atomic mass is 19.3. The molecule has 1 fully saturated rings. The van der Waals surface area contributed by atoms with E-state index in [1.54, 1.807) is 12.3 Å². The summed E-state index contributed by atoms with van der Waals surface area (Å²) < 4.78 is 48.8. The molecular formula is C23H21F3N4O. The number of ether oxygens (including phenoxy) is 1. The molecule has 2 aliphatic carbocycles. The highest BCUT2D eigenvalue weighted by Crippen LogP contribution is 2.56. The van der Waals surface area contributed by atoms with E-state index in [-0.39, 0.29) is 17.5 Å². The molecule has 5 rings (SSSR count). The predicted octanol–water partition coefficient (Wildman–Crippen LogP) is 3.95. The van der Waals surface area contributed by atoms with E-state index in [9.17, 15) is 13.2 Å². The number of pyridine rings is 1. The first-order valence-electron chi connectivity index (χ1n) is 10.4. The third-order valence-electron chi connectivity index (χ3n) is 6.66. The summed E-state index contributed by atoms with van der Waals surface area (Å²) in [5.41, 5.74) is 6.76. The average molecular weight is 426 g/mol. The highest BCUT2D eigenvalue weighted by Gasteiger charge is 2.64. The predicted molar refractivity (Wildman–Crippen MR) is 107 cm³/mol. The Balaban J connectivity index is 1.51. The number of fused-ring (bicyclic) bond motifs is 2. The van der Waals surface area contributed by atoms with Crippen molar-refractivity contribution in [2.24, 2.45) is 16.6 Å². The van der Waals surface area contributed by atoms with Crippen LogP contribution >= 0.6 is 0 Å². The molecule has 31 heavy (non-hydrogen) atoms. The zero-order valence-electron chi connectivity index (χ0n) is 16.7. The van der Waals surface area contributed by atoms with Crippen LogP contribution in [0.4, 0.5) is 13.2 Å². The summed E-state index contributed by atoms with van der Waals surface area (Å²) in [6.45, 7) is 0. The number of nitrogens with zero attached hydrogens (tertiary/aromatic N) is 3. The van der Waals surface area contributed by atoms with E-state index in [2.05, 4.69) is 16.0 Å². The highest BCUT2D eigenvalue weighted by molar-refractivity contribution is 5.74. The van der Waals surface area contributed by atoms with E-state index >= 15 is 0 Å². The number of alkyl halides is 2. The fraction of sp³-hybridized carbons (Fsp3) is 0.435. The Hall–Kier alpha value is -3.08. The lowest BCUT2D eigenvalue weighted by Crippen LogP contribution is -2.43. The van der Waals surface area contributed by atoms with Crippen molar-refractivity contribution in [2.45, 2.75) is 56.1 Å². The van der Waals surface area contributed by atoms with Crippen LogP contribution in [-0.4, -0.2) is 23.5 Å². The molecule has 2 aromatic rings. The van der Waals surface area contributed by atoms with Crippen LogP contribution in [0.15, 0.2) is 35.5 Å². The lowest BCUT2D eigenvalue weighted by atomic mass is 9.80. The second-order valence-corrected chi connectivity index (χ2v) is 8.56. The van der Waals surface area contributed by atoms with Gasteiger partial charge in [-0.3, -0.25) is 4.98 Å². The lowest BCUT2D eigenvalue weighted by molar-refractivity contribution is 0.0176. The summed E-state index contributed by atoms with van der Waals surface area (Å²) in [6.07, 6.45) is 1.82. The van der Waals surface area contributed by atoms with Gasteiger partial charge in [-0.2, -0.15) is 5.26 Å². The third-order valence-corrected chi connectivity index (χ3v) is 6.66. The first-order valence-corrected chi connectivity index (χ1v) is 10.4. The van der Waals surface area contributed by atoms with Gasteiger partial charge in [0.1, 0.15) is 18.0 Å². The van der Waals surface area contributed by atoms with E-state index in [0.29, 0.717) is 18.4 Å². The van der Waals surface area contributed by atoms with Gasteiger partial charge in [0, 0.05) is 29.3 Å². The summed E-state index contributed by atoms with van der Waals surface area (Å²) in [7, 11) is 0. The van der Waals surface area contributed by atoms with Crippen LogP contribution in [0.25, 0.3) is 0 Å². The summed E-state index contributed by atoms with van der Waals surface area (Å²) in [5, 5.41) is 9.12. The van der Waals surface area contributed by atoms with E-state index in [1.165, 1.54) is 12.1 Å². The molecule has 1 aliphatic heterocycles. The lowest BCUT2D eigenvalue weighted by Gasteiger charge is -2.33. The van der Waals surface area contributed by atoms with Gasteiger partial charge < -0.3 is 10.5 Å². The van der Waals surface area contributed by atoms with Crippen LogP contribution in [0, 0.1) is 23.1 Å². The normalized spacial score (nSPS) is 28.7. The monoisotopic (exact) mass is 426 g/mol. The molecular weight excluding hydrogens is 405 g/mol. The Kier molecular flexibility index (Phi) is 4.65. The molecule has 1 aromatic heterocycles. The van der Waals surface area contributed by atoms with E-state index in [0.717, 1.165) is 36.1 Å². The molecule has 1 saturated carbocycles. The number of nitriles is 1. The van der Waals surface area contributed by atoms with Gasteiger partial charge in [-0.25, -0.2) is 18.2 Å². The molecule has 160 valence electrons. The molecule has 0 amide bonds.